The number of hydrogen-bond acceptors (Lipinski definition) is 5. The van der Waals surface area contributed by atoms with Crippen molar-refractivity contribution >= 4 is 11.3 Å². The molecule has 1 aromatic heterocycles. The molecule has 0 amide bonds. The van der Waals surface area contributed by atoms with E-state index in [9.17, 15) is 5.11 Å². The van der Waals surface area contributed by atoms with Gasteiger partial charge in [0.2, 0.25) is 0 Å². The third kappa shape index (κ3) is 5.38. The average Bonchev–Trinajstić information content (AvgIpc) is 2.86. The molecule has 0 spiro atoms. The fourth-order valence-corrected chi connectivity index (χ4v) is 2.52. The van der Waals surface area contributed by atoms with E-state index < -0.39 is 6.10 Å². The van der Waals surface area contributed by atoms with Gasteiger partial charge in [-0.15, -0.1) is 11.3 Å². The molecule has 0 bridgehead atoms. The number of thiazole rings is 1. The van der Waals surface area contributed by atoms with E-state index in [1.165, 1.54) is 0 Å². The minimum Gasteiger partial charge on any atom is -0.389 e. The Morgan fingerprint density at radius 3 is 2.85 bits per heavy atom. The molecule has 108 valence electrons. The number of aromatic nitrogens is 1. The lowest BCUT2D eigenvalue weighted by atomic mass is 10.2. The third-order valence-electron chi connectivity index (χ3n) is 2.74. The Kier molecular flexibility index (Phi) is 6.14. The van der Waals surface area contributed by atoms with Crippen LogP contribution in [0.4, 0.5) is 0 Å². The van der Waals surface area contributed by atoms with Crippen molar-refractivity contribution in [3.8, 4) is 0 Å². The van der Waals surface area contributed by atoms with Crippen LogP contribution in [0.2, 0.25) is 0 Å². The summed E-state index contributed by atoms with van der Waals surface area (Å²) in [5, 5.41) is 16.1. The van der Waals surface area contributed by atoms with Gasteiger partial charge in [0.25, 0.3) is 0 Å². The standard InChI is InChI=1S/C15H20N2O2S/c1-12-11-20-15(17-12)8-16-7-14(18)10-19-9-13-5-3-2-4-6-13/h2-6,11,14,16,18H,7-10H2,1H3. The Balaban J connectivity index is 1.57. The van der Waals surface area contributed by atoms with Crippen LogP contribution in [0.25, 0.3) is 0 Å². The second-order valence-corrected chi connectivity index (χ2v) is 5.61. The SMILES string of the molecule is Cc1csc(CNCC(O)COCc2ccccc2)n1. The van der Waals surface area contributed by atoms with Crippen molar-refractivity contribution in [2.45, 2.75) is 26.2 Å². The van der Waals surface area contributed by atoms with Crippen molar-refractivity contribution in [3.63, 3.8) is 0 Å². The van der Waals surface area contributed by atoms with E-state index in [0.29, 0.717) is 26.3 Å². The molecule has 0 fully saturated rings. The number of aliphatic hydroxyl groups is 1. The lowest BCUT2D eigenvalue weighted by Gasteiger charge is -2.11. The molecule has 0 aliphatic carbocycles. The first-order chi connectivity index (χ1) is 9.74. The molecule has 2 rings (SSSR count). The molecule has 0 saturated carbocycles. The first-order valence-corrected chi connectivity index (χ1v) is 7.53. The minimum atomic E-state index is -0.500. The van der Waals surface area contributed by atoms with Crippen LogP contribution in [0.15, 0.2) is 35.7 Å². The van der Waals surface area contributed by atoms with E-state index in [1.54, 1.807) is 11.3 Å². The van der Waals surface area contributed by atoms with Crippen LogP contribution in [-0.4, -0.2) is 29.3 Å². The van der Waals surface area contributed by atoms with Gasteiger partial charge in [0.05, 0.1) is 19.3 Å². The fraction of sp³-hybridized carbons (Fsp3) is 0.400. The minimum absolute atomic E-state index is 0.332. The van der Waals surface area contributed by atoms with E-state index in [0.717, 1.165) is 16.3 Å². The summed E-state index contributed by atoms with van der Waals surface area (Å²) < 4.78 is 5.49. The van der Waals surface area contributed by atoms with Crippen molar-refractivity contribution < 1.29 is 9.84 Å². The molecular weight excluding hydrogens is 272 g/mol. The van der Waals surface area contributed by atoms with Crippen LogP contribution in [0.1, 0.15) is 16.3 Å². The molecule has 0 aliphatic rings. The van der Waals surface area contributed by atoms with Crippen LogP contribution in [-0.2, 0) is 17.9 Å². The number of aliphatic hydroxyl groups excluding tert-OH is 1. The van der Waals surface area contributed by atoms with E-state index in [2.05, 4.69) is 10.3 Å². The summed E-state index contributed by atoms with van der Waals surface area (Å²) in [5.41, 5.74) is 2.16. The topological polar surface area (TPSA) is 54.4 Å². The lowest BCUT2D eigenvalue weighted by Crippen LogP contribution is -2.30. The highest BCUT2D eigenvalue weighted by Gasteiger charge is 2.05. The first kappa shape index (κ1) is 15.1. The summed E-state index contributed by atoms with van der Waals surface area (Å²) in [6.07, 6.45) is -0.500. The summed E-state index contributed by atoms with van der Waals surface area (Å²) in [6.45, 7) is 4.04. The Morgan fingerprint density at radius 1 is 1.35 bits per heavy atom. The number of nitrogens with one attached hydrogen (secondary N) is 1. The number of nitrogens with zero attached hydrogens (tertiary/aromatic N) is 1. The van der Waals surface area contributed by atoms with Gasteiger partial charge in [-0.2, -0.15) is 0 Å². The van der Waals surface area contributed by atoms with Crippen molar-refractivity contribution in [2.75, 3.05) is 13.2 Å². The Hall–Kier alpha value is -1.27. The predicted molar refractivity (Wildman–Crippen MR) is 80.7 cm³/mol. The van der Waals surface area contributed by atoms with E-state index in [1.807, 2.05) is 42.6 Å². The highest BCUT2D eigenvalue weighted by molar-refractivity contribution is 7.09. The van der Waals surface area contributed by atoms with Crippen LogP contribution in [0.5, 0.6) is 0 Å². The molecule has 0 aliphatic heterocycles. The van der Waals surface area contributed by atoms with Crippen molar-refractivity contribution in [3.05, 3.63) is 52.0 Å². The maximum atomic E-state index is 9.81. The van der Waals surface area contributed by atoms with E-state index >= 15 is 0 Å². The number of rotatable bonds is 8. The molecule has 4 nitrogen and oxygen atoms in total. The lowest BCUT2D eigenvalue weighted by molar-refractivity contribution is 0.0287. The maximum absolute atomic E-state index is 9.81. The Labute approximate surface area is 123 Å². The molecule has 2 N–H and O–H groups in total. The van der Waals surface area contributed by atoms with Crippen LogP contribution in [0.3, 0.4) is 0 Å². The van der Waals surface area contributed by atoms with E-state index in [4.69, 9.17) is 4.74 Å². The quantitative estimate of drug-likeness (QED) is 0.782. The largest absolute Gasteiger partial charge is 0.389 e. The van der Waals surface area contributed by atoms with Gasteiger partial charge in [0.1, 0.15) is 5.01 Å². The zero-order chi connectivity index (χ0) is 14.2. The number of benzene rings is 1. The van der Waals surface area contributed by atoms with Gasteiger partial charge in [0, 0.05) is 24.2 Å². The first-order valence-electron chi connectivity index (χ1n) is 6.65. The molecule has 1 unspecified atom stereocenters. The zero-order valence-corrected chi connectivity index (χ0v) is 12.4. The molecule has 1 heterocycles. The average molecular weight is 292 g/mol. The zero-order valence-electron chi connectivity index (χ0n) is 11.6. The molecule has 20 heavy (non-hydrogen) atoms. The normalized spacial score (nSPS) is 12.5. The molecule has 1 atom stereocenters. The second kappa shape index (κ2) is 8.11. The highest BCUT2D eigenvalue weighted by atomic mass is 32.1. The molecule has 5 heteroatoms. The predicted octanol–water partition coefficient (Wildman–Crippen LogP) is 2.12. The third-order valence-corrected chi connectivity index (χ3v) is 3.71. The Bertz CT molecular complexity index is 502. The molecule has 0 saturated heterocycles. The molecule has 1 aromatic carbocycles. The summed E-state index contributed by atoms with van der Waals surface area (Å²) in [7, 11) is 0. The molecule has 2 aromatic rings. The van der Waals surface area contributed by atoms with Gasteiger partial charge in [-0.3, -0.25) is 0 Å². The highest BCUT2D eigenvalue weighted by Crippen LogP contribution is 2.07. The van der Waals surface area contributed by atoms with Gasteiger partial charge in [-0.1, -0.05) is 30.3 Å². The second-order valence-electron chi connectivity index (χ2n) is 4.67. The number of hydrogen-bond donors (Lipinski definition) is 2. The van der Waals surface area contributed by atoms with Gasteiger partial charge in [-0.05, 0) is 12.5 Å². The number of aryl methyl sites for hydroxylation is 1. The molecular formula is C15H20N2O2S. The van der Waals surface area contributed by atoms with Crippen molar-refractivity contribution in [1.82, 2.24) is 10.3 Å². The van der Waals surface area contributed by atoms with Crippen LogP contribution in [0, 0.1) is 6.92 Å². The van der Waals surface area contributed by atoms with Gasteiger partial charge in [-0.25, -0.2) is 4.98 Å². The van der Waals surface area contributed by atoms with Crippen molar-refractivity contribution in [1.29, 1.82) is 0 Å². The fourth-order valence-electron chi connectivity index (χ4n) is 1.78. The van der Waals surface area contributed by atoms with Crippen LogP contribution >= 0.6 is 11.3 Å². The van der Waals surface area contributed by atoms with E-state index in [-0.39, 0.29) is 0 Å². The molecule has 0 radical (unpaired) electrons. The van der Waals surface area contributed by atoms with Gasteiger partial charge < -0.3 is 15.2 Å². The van der Waals surface area contributed by atoms with Gasteiger partial charge in [0.15, 0.2) is 0 Å². The Morgan fingerprint density at radius 2 is 2.15 bits per heavy atom. The summed E-state index contributed by atoms with van der Waals surface area (Å²) in [6, 6.07) is 9.95. The summed E-state index contributed by atoms with van der Waals surface area (Å²) >= 11 is 1.63. The number of ether oxygens (including phenoxy) is 1. The van der Waals surface area contributed by atoms with Gasteiger partial charge >= 0.3 is 0 Å². The van der Waals surface area contributed by atoms with Crippen molar-refractivity contribution in [2.24, 2.45) is 0 Å². The van der Waals surface area contributed by atoms with Crippen LogP contribution < -0.4 is 5.32 Å². The smallest absolute Gasteiger partial charge is 0.107 e. The summed E-state index contributed by atoms with van der Waals surface area (Å²) in [5.74, 6) is 0. The summed E-state index contributed by atoms with van der Waals surface area (Å²) in [4.78, 5) is 4.35. The monoisotopic (exact) mass is 292 g/mol. The maximum Gasteiger partial charge on any atom is 0.107 e.